The molecule has 0 saturated heterocycles. The Morgan fingerprint density at radius 1 is 1.22 bits per heavy atom. The number of nitrogens with two attached hydrogens (primary N) is 2. The summed E-state index contributed by atoms with van der Waals surface area (Å²) >= 11 is 13.9. The number of rotatable bonds is 9. The highest BCUT2D eigenvalue weighted by atomic mass is 35.5. The van der Waals surface area contributed by atoms with Gasteiger partial charge in [-0.1, -0.05) is 37.0 Å². The SMILES string of the molecule is CC(C)(CCSCCC(N)C(N)=O)c1cnc(-c2ccc(Cl)cc2Cl)nc1. The van der Waals surface area contributed by atoms with Gasteiger partial charge in [0, 0.05) is 23.0 Å². The van der Waals surface area contributed by atoms with Crippen LogP contribution in [0.4, 0.5) is 0 Å². The Bertz CT molecular complexity index is 784. The first-order valence-corrected chi connectivity index (χ1v) is 10.5. The van der Waals surface area contributed by atoms with Crippen LogP contribution in [0.15, 0.2) is 30.6 Å². The molecule has 4 N–H and O–H groups in total. The maximum absolute atomic E-state index is 10.9. The lowest BCUT2D eigenvalue weighted by molar-refractivity contribution is -0.119. The van der Waals surface area contributed by atoms with Crippen molar-refractivity contribution in [1.29, 1.82) is 0 Å². The molecule has 0 saturated carbocycles. The van der Waals surface area contributed by atoms with Crippen molar-refractivity contribution in [3.8, 4) is 11.4 Å². The molecule has 2 rings (SSSR count). The maximum Gasteiger partial charge on any atom is 0.234 e. The number of hydrogen-bond acceptors (Lipinski definition) is 5. The van der Waals surface area contributed by atoms with Crippen LogP contribution < -0.4 is 11.5 Å². The fourth-order valence-electron chi connectivity index (χ4n) is 2.41. The first-order valence-electron chi connectivity index (χ1n) is 8.61. The molecule has 0 aliphatic carbocycles. The molecule has 0 spiro atoms. The molecule has 2 aromatic rings. The Labute approximate surface area is 174 Å². The van der Waals surface area contributed by atoms with Gasteiger partial charge in [0.25, 0.3) is 0 Å². The van der Waals surface area contributed by atoms with E-state index in [-0.39, 0.29) is 5.41 Å². The molecule has 0 aliphatic rings. The van der Waals surface area contributed by atoms with Crippen LogP contribution in [0.3, 0.4) is 0 Å². The largest absolute Gasteiger partial charge is 0.368 e. The lowest BCUT2D eigenvalue weighted by Crippen LogP contribution is -2.36. The second kappa shape index (κ2) is 9.73. The van der Waals surface area contributed by atoms with Crippen molar-refractivity contribution in [2.75, 3.05) is 11.5 Å². The minimum Gasteiger partial charge on any atom is -0.368 e. The highest BCUT2D eigenvalue weighted by molar-refractivity contribution is 7.99. The summed E-state index contributed by atoms with van der Waals surface area (Å²) in [7, 11) is 0. The van der Waals surface area contributed by atoms with Gasteiger partial charge in [0.1, 0.15) is 0 Å². The van der Waals surface area contributed by atoms with Gasteiger partial charge in [-0.25, -0.2) is 9.97 Å². The number of benzene rings is 1. The van der Waals surface area contributed by atoms with E-state index < -0.39 is 11.9 Å². The first-order chi connectivity index (χ1) is 12.7. The summed E-state index contributed by atoms with van der Waals surface area (Å²) in [6.45, 7) is 4.33. The average molecular weight is 427 g/mol. The topological polar surface area (TPSA) is 94.9 Å². The standard InChI is InChI=1S/C19H24Cl2N4OS/c1-19(2,6-8-27-7-5-16(22)17(23)26)12-10-24-18(25-11-12)14-4-3-13(20)9-15(14)21/h3-4,9-11,16H,5-8,22H2,1-2H3,(H2,23,26). The third-order valence-electron chi connectivity index (χ3n) is 4.42. The monoisotopic (exact) mass is 426 g/mol. The van der Waals surface area contributed by atoms with Gasteiger partial charge in [-0.2, -0.15) is 11.8 Å². The van der Waals surface area contributed by atoms with E-state index in [0.29, 0.717) is 22.3 Å². The molecule has 1 atom stereocenters. The lowest BCUT2D eigenvalue weighted by Gasteiger charge is -2.24. The molecule has 1 aromatic carbocycles. The van der Waals surface area contributed by atoms with Gasteiger partial charge in [0.2, 0.25) is 5.91 Å². The number of thioether (sulfide) groups is 1. The van der Waals surface area contributed by atoms with E-state index >= 15 is 0 Å². The number of amides is 1. The van der Waals surface area contributed by atoms with Crippen LogP contribution in [-0.4, -0.2) is 33.4 Å². The van der Waals surface area contributed by atoms with Gasteiger partial charge in [-0.3, -0.25) is 4.79 Å². The van der Waals surface area contributed by atoms with Crippen molar-refractivity contribution in [3.05, 3.63) is 46.2 Å². The summed E-state index contributed by atoms with van der Waals surface area (Å²) < 4.78 is 0. The predicted molar refractivity (Wildman–Crippen MR) is 114 cm³/mol. The highest BCUT2D eigenvalue weighted by Gasteiger charge is 2.22. The fraction of sp³-hybridized carbons (Fsp3) is 0.421. The van der Waals surface area contributed by atoms with Crippen LogP contribution in [0.25, 0.3) is 11.4 Å². The quantitative estimate of drug-likeness (QED) is 0.589. The zero-order valence-electron chi connectivity index (χ0n) is 15.4. The second-order valence-electron chi connectivity index (χ2n) is 6.96. The Morgan fingerprint density at radius 2 is 1.89 bits per heavy atom. The van der Waals surface area contributed by atoms with Crippen LogP contribution in [0.1, 0.15) is 32.3 Å². The zero-order valence-corrected chi connectivity index (χ0v) is 17.7. The van der Waals surface area contributed by atoms with Crippen molar-refractivity contribution in [1.82, 2.24) is 9.97 Å². The molecule has 1 aromatic heterocycles. The molecule has 8 heteroatoms. The number of carbonyl (C=O) groups is 1. The number of carbonyl (C=O) groups excluding carboxylic acids is 1. The van der Waals surface area contributed by atoms with Gasteiger partial charge >= 0.3 is 0 Å². The van der Waals surface area contributed by atoms with Crippen LogP contribution in [0, 0.1) is 0 Å². The summed E-state index contributed by atoms with van der Waals surface area (Å²) in [5.74, 6) is 1.88. The Kier molecular flexibility index (Phi) is 7.91. The van der Waals surface area contributed by atoms with E-state index in [1.807, 2.05) is 18.5 Å². The summed E-state index contributed by atoms with van der Waals surface area (Å²) in [5.41, 5.74) is 12.5. The fourth-order valence-corrected chi connectivity index (χ4v) is 4.19. The van der Waals surface area contributed by atoms with E-state index in [0.717, 1.165) is 29.1 Å². The minimum atomic E-state index is -0.564. The smallest absolute Gasteiger partial charge is 0.234 e. The zero-order chi connectivity index (χ0) is 20.0. The third-order valence-corrected chi connectivity index (χ3v) is 5.98. The van der Waals surface area contributed by atoms with Gasteiger partial charge in [0.05, 0.1) is 11.1 Å². The van der Waals surface area contributed by atoms with Gasteiger partial charge in [-0.15, -0.1) is 0 Å². The van der Waals surface area contributed by atoms with E-state index in [1.165, 1.54) is 0 Å². The minimum absolute atomic E-state index is 0.0683. The molecule has 0 fully saturated rings. The molecular formula is C19H24Cl2N4OS. The summed E-state index contributed by atoms with van der Waals surface area (Å²) in [4.78, 5) is 19.9. The van der Waals surface area contributed by atoms with Crippen LogP contribution >= 0.6 is 35.0 Å². The summed E-state index contributed by atoms with van der Waals surface area (Å²) in [6.07, 6.45) is 5.25. The van der Waals surface area contributed by atoms with Crippen LogP contribution in [0.2, 0.25) is 10.0 Å². The van der Waals surface area contributed by atoms with Crippen LogP contribution in [-0.2, 0) is 10.2 Å². The maximum atomic E-state index is 10.9. The molecule has 146 valence electrons. The Morgan fingerprint density at radius 3 is 2.48 bits per heavy atom. The molecule has 5 nitrogen and oxygen atoms in total. The molecule has 0 bridgehead atoms. The first kappa shape index (κ1) is 22.0. The van der Waals surface area contributed by atoms with Crippen molar-refractivity contribution < 1.29 is 4.79 Å². The van der Waals surface area contributed by atoms with Crippen molar-refractivity contribution in [2.24, 2.45) is 11.5 Å². The molecule has 1 unspecified atom stereocenters. The molecule has 0 radical (unpaired) electrons. The summed E-state index contributed by atoms with van der Waals surface area (Å²) in [6, 6.07) is 4.70. The van der Waals surface area contributed by atoms with Gasteiger partial charge < -0.3 is 11.5 Å². The highest BCUT2D eigenvalue weighted by Crippen LogP contribution is 2.31. The van der Waals surface area contributed by atoms with Crippen LogP contribution in [0.5, 0.6) is 0 Å². The van der Waals surface area contributed by atoms with E-state index in [4.69, 9.17) is 34.7 Å². The normalized spacial score (nSPS) is 12.8. The van der Waals surface area contributed by atoms with Crippen molar-refractivity contribution in [2.45, 2.75) is 38.1 Å². The van der Waals surface area contributed by atoms with Gasteiger partial charge in [0.15, 0.2) is 5.82 Å². The average Bonchev–Trinajstić information content (AvgIpc) is 2.61. The third kappa shape index (κ3) is 6.35. The van der Waals surface area contributed by atoms with Crippen molar-refractivity contribution in [3.63, 3.8) is 0 Å². The number of primary amides is 1. The molecule has 0 aliphatic heterocycles. The van der Waals surface area contributed by atoms with E-state index in [9.17, 15) is 4.79 Å². The number of halogens is 2. The lowest BCUT2D eigenvalue weighted by atomic mass is 9.84. The van der Waals surface area contributed by atoms with Gasteiger partial charge in [-0.05, 0) is 53.5 Å². The Hall–Kier alpha value is -1.34. The molecule has 1 heterocycles. The molecule has 27 heavy (non-hydrogen) atoms. The van der Waals surface area contributed by atoms with Crippen molar-refractivity contribution >= 4 is 40.9 Å². The summed E-state index contributed by atoms with van der Waals surface area (Å²) in [5, 5.41) is 1.11. The predicted octanol–water partition coefficient (Wildman–Crippen LogP) is 4.05. The second-order valence-corrected chi connectivity index (χ2v) is 9.03. The number of nitrogens with zero attached hydrogens (tertiary/aromatic N) is 2. The number of hydrogen-bond donors (Lipinski definition) is 2. The number of aromatic nitrogens is 2. The molecule has 1 amide bonds. The van der Waals surface area contributed by atoms with E-state index in [1.54, 1.807) is 23.9 Å². The van der Waals surface area contributed by atoms with E-state index in [2.05, 4.69) is 23.8 Å². The Balaban J connectivity index is 1.93. The molecular weight excluding hydrogens is 403 g/mol.